The molecule has 0 bridgehead atoms. The fourth-order valence-electron chi connectivity index (χ4n) is 3.12. The number of fused-ring (bicyclic) bond motifs is 1. The minimum Gasteiger partial charge on any atom is -0.391 e. The number of benzene rings is 2. The number of pyridine rings is 1. The maximum absolute atomic E-state index is 10.2. The molecule has 0 aliphatic heterocycles. The lowest BCUT2D eigenvalue weighted by Gasteiger charge is -2.40. The standard InChI is InChI=1S/C23H28N2O.C2H6/c1-17(26)23(2,3)25(4)22-16-19(15-14-18-10-6-5-7-11-18)24-21-13-9-8-12-20(21)22;1-2/h5-13,16-17,26H,14-15H2,1-4H3;1-2H3. The predicted molar refractivity (Wildman–Crippen MR) is 121 cm³/mol. The second-order valence-electron chi connectivity index (χ2n) is 7.52. The summed E-state index contributed by atoms with van der Waals surface area (Å²) in [5.41, 5.74) is 4.14. The molecule has 1 unspecified atom stereocenters. The molecule has 3 aromatic rings. The Bertz CT molecular complexity index is 872. The van der Waals surface area contributed by atoms with Crippen molar-refractivity contribution < 1.29 is 5.11 Å². The van der Waals surface area contributed by atoms with Gasteiger partial charge in [0.15, 0.2) is 0 Å². The lowest BCUT2D eigenvalue weighted by molar-refractivity contribution is 0.118. The fraction of sp³-hybridized carbons (Fsp3) is 0.400. The van der Waals surface area contributed by atoms with Crippen molar-refractivity contribution in [2.24, 2.45) is 0 Å². The lowest BCUT2D eigenvalue weighted by Crippen LogP contribution is -2.49. The van der Waals surface area contributed by atoms with Crippen LogP contribution in [0.3, 0.4) is 0 Å². The van der Waals surface area contributed by atoms with Gasteiger partial charge in [0.1, 0.15) is 0 Å². The number of hydrogen-bond acceptors (Lipinski definition) is 3. The Morgan fingerprint density at radius 1 is 0.964 bits per heavy atom. The van der Waals surface area contributed by atoms with E-state index in [2.05, 4.69) is 68.3 Å². The average molecular weight is 379 g/mol. The highest BCUT2D eigenvalue weighted by molar-refractivity contribution is 5.92. The van der Waals surface area contributed by atoms with Crippen LogP contribution < -0.4 is 4.90 Å². The van der Waals surface area contributed by atoms with Crippen molar-refractivity contribution in [3.05, 3.63) is 71.9 Å². The van der Waals surface area contributed by atoms with E-state index >= 15 is 0 Å². The number of aliphatic hydroxyl groups excluding tert-OH is 1. The van der Waals surface area contributed by atoms with Crippen LogP contribution >= 0.6 is 0 Å². The Labute approximate surface area is 170 Å². The van der Waals surface area contributed by atoms with Gasteiger partial charge in [-0.1, -0.05) is 62.4 Å². The van der Waals surface area contributed by atoms with Crippen molar-refractivity contribution in [3.63, 3.8) is 0 Å². The van der Waals surface area contributed by atoms with Gasteiger partial charge in [0.05, 0.1) is 17.2 Å². The Hall–Kier alpha value is -2.39. The number of aliphatic hydroxyl groups is 1. The van der Waals surface area contributed by atoms with Crippen molar-refractivity contribution in [1.29, 1.82) is 0 Å². The van der Waals surface area contributed by atoms with Gasteiger partial charge in [-0.2, -0.15) is 0 Å². The Morgan fingerprint density at radius 3 is 2.21 bits per heavy atom. The Kier molecular flexibility index (Phi) is 7.59. The first-order valence-electron chi connectivity index (χ1n) is 10.2. The van der Waals surface area contributed by atoms with E-state index < -0.39 is 6.10 Å². The van der Waals surface area contributed by atoms with Gasteiger partial charge < -0.3 is 10.0 Å². The second kappa shape index (κ2) is 9.70. The molecular weight excluding hydrogens is 344 g/mol. The van der Waals surface area contributed by atoms with Gasteiger partial charge in [0.25, 0.3) is 0 Å². The second-order valence-corrected chi connectivity index (χ2v) is 7.52. The van der Waals surface area contributed by atoms with Gasteiger partial charge in [0.2, 0.25) is 0 Å². The summed E-state index contributed by atoms with van der Waals surface area (Å²) in [5, 5.41) is 11.4. The number of nitrogens with zero attached hydrogens (tertiary/aromatic N) is 2. The Balaban J connectivity index is 0.00000136. The van der Waals surface area contributed by atoms with Crippen LogP contribution in [0.25, 0.3) is 10.9 Å². The summed E-state index contributed by atoms with van der Waals surface area (Å²) in [6.45, 7) is 9.98. The number of hydrogen-bond donors (Lipinski definition) is 1. The van der Waals surface area contributed by atoms with Crippen molar-refractivity contribution >= 4 is 16.6 Å². The number of likely N-dealkylation sites (N-methyl/N-ethyl adjacent to an activating group) is 1. The molecule has 0 fully saturated rings. The van der Waals surface area contributed by atoms with Crippen LogP contribution in [0.2, 0.25) is 0 Å². The first kappa shape index (κ1) is 21.9. The first-order chi connectivity index (χ1) is 13.4. The highest BCUT2D eigenvalue weighted by atomic mass is 16.3. The maximum atomic E-state index is 10.2. The molecule has 1 aromatic heterocycles. The molecule has 0 amide bonds. The lowest BCUT2D eigenvalue weighted by atomic mass is 9.95. The quantitative estimate of drug-likeness (QED) is 0.603. The van der Waals surface area contributed by atoms with Crippen LogP contribution in [0.15, 0.2) is 60.7 Å². The normalized spacial score (nSPS) is 12.2. The van der Waals surface area contributed by atoms with E-state index in [4.69, 9.17) is 4.98 Å². The summed E-state index contributed by atoms with van der Waals surface area (Å²) < 4.78 is 0. The van der Waals surface area contributed by atoms with Crippen molar-refractivity contribution in [1.82, 2.24) is 4.98 Å². The summed E-state index contributed by atoms with van der Waals surface area (Å²) in [6, 6.07) is 20.9. The van der Waals surface area contributed by atoms with E-state index in [1.165, 1.54) is 5.56 Å². The topological polar surface area (TPSA) is 36.4 Å². The van der Waals surface area contributed by atoms with Crippen LogP contribution in [-0.4, -0.2) is 28.8 Å². The fourth-order valence-corrected chi connectivity index (χ4v) is 3.12. The molecule has 3 rings (SSSR count). The van der Waals surface area contributed by atoms with Crippen LogP contribution in [0.5, 0.6) is 0 Å². The molecule has 3 nitrogen and oxygen atoms in total. The van der Waals surface area contributed by atoms with Crippen LogP contribution in [0.1, 0.15) is 45.9 Å². The zero-order chi connectivity index (χ0) is 20.7. The van der Waals surface area contributed by atoms with Gasteiger partial charge in [-0.15, -0.1) is 0 Å². The molecule has 1 atom stereocenters. The number of aromatic nitrogens is 1. The average Bonchev–Trinajstić information content (AvgIpc) is 2.73. The predicted octanol–water partition coefficient (Wildman–Crippen LogP) is 5.64. The first-order valence-corrected chi connectivity index (χ1v) is 10.2. The molecule has 0 saturated heterocycles. The minimum absolute atomic E-state index is 0.374. The molecule has 0 saturated carbocycles. The van der Waals surface area contributed by atoms with E-state index in [1.54, 1.807) is 0 Å². The summed E-state index contributed by atoms with van der Waals surface area (Å²) in [4.78, 5) is 7.05. The molecule has 0 aliphatic carbocycles. The van der Waals surface area contributed by atoms with Gasteiger partial charge in [-0.3, -0.25) is 4.98 Å². The van der Waals surface area contributed by atoms with E-state index in [0.717, 1.165) is 35.1 Å². The van der Waals surface area contributed by atoms with Crippen molar-refractivity contribution in [3.8, 4) is 0 Å². The largest absolute Gasteiger partial charge is 0.391 e. The molecular formula is C25H34N2O. The molecule has 2 aromatic carbocycles. The SMILES string of the molecule is CC.CC(O)C(C)(C)N(C)c1cc(CCc2ccccc2)nc2ccccc12. The number of aryl methyl sites for hydroxylation is 2. The van der Waals surface area contributed by atoms with Crippen molar-refractivity contribution in [2.45, 2.75) is 59.1 Å². The highest BCUT2D eigenvalue weighted by Gasteiger charge is 2.30. The third-order valence-electron chi connectivity index (χ3n) is 5.51. The molecule has 1 heterocycles. The zero-order valence-corrected chi connectivity index (χ0v) is 18.1. The smallest absolute Gasteiger partial charge is 0.0738 e. The number of para-hydroxylation sites is 1. The van der Waals surface area contributed by atoms with E-state index in [-0.39, 0.29) is 5.54 Å². The summed E-state index contributed by atoms with van der Waals surface area (Å²) in [7, 11) is 2.05. The van der Waals surface area contributed by atoms with Gasteiger partial charge >= 0.3 is 0 Å². The molecule has 28 heavy (non-hydrogen) atoms. The van der Waals surface area contributed by atoms with Crippen LogP contribution in [0.4, 0.5) is 5.69 Å². The van der Waals surface area contributed by atoms with Crippen molar-refractivity contribution in [2.75, 3.05) is 11.9 Å². The highest BCUT2D eigenvalue weighted by Crippen LogP contribution is 2.32. The monoisotopic (exact) mass is 378 g/mol. The zero-order valence-electron chi connectivity index (χ0n) is 18.1. The van der Waals surface area contributed by atoms with E-state index in [1.807, 2.05) is 39.0 Å². The summed E-state index contributed by atoms with van der Waals surface area (Å²) in [5.74, 6) is 0. The molecule has 0 aliphatic rings. The number of rotatable bonds is 6. The summed E-state index contributed by atoms with van der Waals surface area (Å²) >= 11 is 0. The number of anilines is 1. The molecule has 0 spiro atoms. The molecule has 3 heteroatoms. The maximum Gasteiger partial charge on any atom is 0.0738 e. The van der Waals surface area contributed by atoms with Gasteiger partial charge in [-0.05, 0) is 51.3 Å². The van der Waals surface area contributed by atoms with E-state index in [9.17, 15) is 5.11 Å². The van der Waals surface area contributed by atoms with Crippen LogP contribution in [0, 0.1) is 0 Å². The van der Waals surface area contributed by atoms with Gasteiger partial charge in [0, 0.05) is 23.8 Å². The third-order valence-corrected chi connectivity index (χ3v) is 5.51. The minimum atomic E-state index is -0.452. The molecule has 150 valence electrons. The summed E-state index contributed by atoms with van der Waals surface area (Å²) in [6.07, 6.45) is 1.41. The van der Waals surface area contributed by atoms with Gasteiger partial charge in [-0.25, -0.2) is 0 Å². The van der Waals surface area contributed by atoms with Crippen LogP contribution in [-0.2, 0) is 12.8 Å². The third kappa shape index (κ3) is 4.90. The molecule has 1 N–H and O–H groups in total. The molecule has 0 radical (unpaired) electrons. The Morgan fingerprint density at radius 2 is 1.57 bits per heavy atom. The van der Waals surface area contributed by atoms with E-state index in [0.29, 0.717) is 0 Å².